The monoisotopic (exact) mass is 450 g/mol. The van der Waals surface area contributed by atoms with Gasteiger partial charge in [0.1, 0.15) is 0 Å². The summed E-state index contributed by atoms with van der Waals surface area (Å²) in [5, 5.41) is 16.9. The molecule has 0 spiro atoms. The van der Waals surface area contributed by atoms with Gasteiger partial charge < -0.3 is 0 Å². The lowest BCUT2D eigenvalue weighted by Crippen LogP contribution is -2.13. The molecule has 0 aliphatic rings. The van der Waals surface area contributed by atoms with Gasteiger partial charge in [-0.25, -0.2) is 9.67 Å². The fourth-order valence-electron chi connectivity index (χ4n) is 2.74. The van der Waals surface area contributed by atoms with Gasteiger partial charge in [0, 0.05) is 33.7 Å². The zero-order valence-corrected chi connectivity index (χ0v) is 16.4. The molecule has 152 valence electrons. The van der Waals surface area contributed by atoms with E-state index in [4.69, 9.17) is 11.6 Å². The molecule has 2 aromatic carbocycles. The molecular weight excluding hydrogens is 441 g/mol. The predicted octanol–water partition coefficient (Wildman–Crippen LogP) is 6.24. The van der Waals surface area contributed by atoms with Crippen molar-refractivity contribution in [2.75, 3.05) is 0 Å². The first-order valence-electron chi connectivity index (χ1n) is 8.36. The summed E-state index contributed by atoms with van der Waals surface area (Å²) in [6.07, 6.45) is -4.64. The Kier molecular flexibility index (Phi) is 5.04. The molecule has 4 rings (SSSR count). The highest BCUT2D eigenvalue weighted by atomic mass is 35.5. The minimum atomic E-state index is -4.64. The average molecular weight is 451 g/mol. The van der Waals surface area contributed by atoms with E-state index in [1.807, 2.05) is 0 Å². The van der Waals surface area contributed by atoms with Crippen LogP contribution in [0.2, 0.25) is 5.02 Å². The van der Waals surface area contributed by atoms with Crippen LogP contribution in [0.25, 0.3) is 27.6 Å². The van der Waals surface area contributed by atoms with E-state index in [9.17, 15) is 23.3 Å². The van der Waals surface area contributed by atoms with E-state index in [0.717, 1.165) is 22.1 Å². The summed E-state index contributed by atoms with van der Waals surface area (Å²) in [7, 11) is 0. The van der Waals surface area contributed by atoms with Gasteiger partial charge in [0.05, 0.1) is 16.3 Å². The molecule has 4 aromatic rings. The Morgan fingerprint density at radius 3 is 2.20 bits per heavy atom. The van der Waals surface area contributed by atoms with Crippen molar-refractivity contribution in [3.63, 3.8) is 0 Å². The number of thiazole rings is 1. The van der Waals surface area contributed by atoms with Gasteiger partial charge in [0.2, 0.25) is 5.13 Å². The molecule has 30 heavy (non-hydrogen) atoms. The summed E-state index contributed by atoms with van der Waals surface area (Å²) in [4.78, 5) is 14.5. The van der Waals surface area contributed by atoms with Gasteiger partial charge in [0.15, 0.2) is 5.69 Å². The number of aromatic nitrogens is 3. The Morgan fingerprint density at radius 2 is 1.60 bits per heavy atom. The number of benzene rings is 2. The van der Waals surface area contributed by atoms with Gasteiger partial charge >= 0.3 is 6.18 Å². The molecule has 6 nitrogen and oxygen atoms in total. The third kappa shape index (κ3) is 3.91. The van der Waals surface area contributed by atoms with Crippen molar-refractivity contribution in [1.29, 1.82) is 0 Å². The van der Waals surface area contributed by atoms with Crippen LogP contribution in [0, 0.1) is 10.1 Å². The molecule has 0 bridgehead atoms. The largest absolute Gasteiger partial charge is 0.433 e. The second-order valence-electron chi connectivity index (χ2n) is 6.15. The molecule has 0 aliphatic carbocycles. The van der Waals surface area contributed by atoms with Crippen molar-refractivity contribution < 1.29 is 18.1 Å². The Balaban J connectivity index is 1.75. The number of hydrogen-bond donors (Lipinski definition) is 0. The molecule has 0 saturated carbocycles. The van der Waals surface area contributed by atoms with Crippen molar-refractivity contribution in [2.45, 2.75) is 6.18 Å². The fourth-order valence-corrected chi connectivity index (χ4v) is 3.66. The first-order valence-corrected chi connectivity index (χ1v) is 9.62. The summed E-state index contributed by atoms with van der Waals surface area (Å²) < 4.78 is 41.6. The van der Waals surface area contributed by atoms with Crippen molar-refractivity contribution in [3.05, 3.63) is 80.8 Å². The molecule has 0 fully saturated rings. The number of halogens is 4. The Bertz CT molecular complexity index is 1220. The molecular formula is C19H10ClF3N4O2S. The molecule has 0 radical (unpaired) electrons. The number of nitro benzene ring substituents is 1. The quantitative estimate of drug-likeness (QED) is 0.272. The van der Waals surface area contributed by atoms with Crippen LogP contribution in [-0.4, -0.2) is 19.7 Å². The van der Waals surface area contributed by atoms with Crippen LogP contribution in [0.5, 0.6) is 0 Å². The van der Waals surface area contributed by atoms with Gasteiger partial charge in [-0.2, -0.15) is 18.3 Å². The fraction of sp³-hybridized carbons (Fsp3) is 0.0526. The minimum Gasteiger partial charge on any atom is -0.258 e. The highest BCUT2D eigenvalue weighted by molar-refractivity contribution is 7.12. The van der Waals surface area contributed by atoms with E-state index in [1.54, 1.807) is 29.6 Å². The number of alkyl halides is 3. The van der Waals surface area contributed by atoms with Crippen LogP contribution >= 0.6 is 22.9 Å². The second kappa shape index (κ2) is 7.54. The molecule has 0 aliphatic heterocycles. The van der Waals surface area contributed by atoms with Crippen LogP contribution in [0.3, 0.4) is 0 Å². The van der Waals surface area contributed by atoms with E-state index in [2.05, 4.69) is 10.1 Å². The number of nitrogens with zero attached hydrogens (tertiary/aromatic N) is 4. The van der Waals surface area contributed by atoms with E-state index in [0.29, 0.717) is 21.8 Å². The first kappa shape index (κ1) is 20.0. The maximum absolute atomic E-state index is 13.6. The van der Waals surface area contributed by atoms with E-state index >= 15 is 0 Å². The standard InChI is InChI=1S/C19H10ClF3N4O2S/c20-13-5-1-11(2-6-13)15-9-17(19(21,22)23)26(25-15)18-24-16(10-30-18)12-3-7-14(8-4-12)27(28)29/h1-10H. The molecule has 0 unspecified atom stereocenters. The third-order valence-corrected chi connectivity index (χ3v) is 5.26. The number of nitro groups is 1. The molecule has 0 saturated heterocycles. The van der Waals surface area contributed by atoms with Crippen LogP contribution < -0.4 is 0 Å². The minimum absolute atomic E-state index is 0.0240. The van der Waals surface area contributed by atoms with E-state index in [-0.39, 0.29) is 16.5 Å². The molecule has 2 heterocycles. The third-order valence-electron chi connectivity index (χ3n) is 4.19. The summed E-state index contributed by atoms with van der Waals surface area (Å²) in [6, 6.07) is 12.9. The smallest absolute Gasteiger partial charge is 0.258 e. The lowest BCUT2D eigenvalue weighted by molar-refractivity contribution is -0.384. The zero-order chi connectivity index (χ0) is 21.5. The van der Waals surface area contributed by atoms with Crippen LogP contribution in [0.15, 0.2) is 60.0 Å². The summed E-state index contributed by atoms with van der Waals surface area (Å²) in [5.74, 6) is 0. The van der Waals surface area contributed by atoms with Crippen LogP contribution in [0.4, 0.5) is 18.9 Å². The Morgan fingerprint density at radius 1 is 1.00 bits per heavy atom. The number of non-ortho nitro benzene ring substituents is 1. The lowest BCUT2D eigenvalue weighted by Gasteiger charge is -2.07. The summed E-state index contributed by atoms with van der Waals surface area (Å²) in [6.45, 7) is 0. The van der Waals surface area contributed by atoms with Gasteiger partial charge in [-0.1, -0.05) is 23.7 Å². The first-order chi connectivity index (χ1) is 14.2. The molecule has 0 atom stereocenters. The number of rotatable bonds is 4. The molecule has 0 N–H and O–H groups in total. The Labute approximate surface area is 176 Å². The topological polar surface area (TPSA) is 73.8 Å². The van der Waals surface area contributed by atoms with Crippen molar-refractivity contribution in [3.8, 4) is 27.6 Å². The van der Waals surface area contributed by atoms with Gasteiger partial charge in [-0.3, -0.25) is 10.1 Å². The average Bonchev–Trinajstić information content (AvgIpc) is 3.36. The van der Waals surface area contributed by atoms with Crippen LogP contribution in [0.1, 0.15) is 5.69 Å². The van der Waals surface area contributed by atoms with Crippen molar-refractivity contribution in [2.24, 2.45) is 0 Å². The van der Waals surface area contributed by atoms with E-state index in [1.165, 1.54) is 24.3 Å². The van der Waals surface area contributed by atoms with Gasteiger partial charge in [-0.15, -0.1) is 11.3 Å². The highest BCUT2D eigenvalue weighted by Gasteiger charge is 2.37. The van der Waals surface area contributed by atoms with Crippen molar-refractivity contribution in [1.82, 2.24) is 14.8 Å². The Hall–Kier alpha value is -3.24. The van der Waals surface area contributed by atoms with E-state index < -0.39 is 16.8 Å². The van der Waals surface area contributed by atoms with Gasteiger partial charge in [-0.05, 0) is 30.3 Å². The SMILES string of the molecule is O=[N+]([O-])c1ccc(-c2csc(-n3nc(-c4ccc(Cl)cc4)cc3C(F)(F)F)n2)cc1. The molecule has 0 amide bonds. The normalized spacial score (nSPS) is 11.6. The lowest BCUT2D eigenvalue weighted by atomic mass is 10.1. The summed E-state index contributed by atoms with van der Waals surface area (Å²) >= 11 is 6.82. The number of hydrogen-bond acceptors (Lipinski definition) is 5. The maximum Gasteiger partial charge on any atom is 0.433 e. The molecule has 2 aromatic heterocycles. The molecule has 11 heteroatoms. The van der Waals surface area contributed by atoms with Crippen molar-refractivity contribution >= 4 is 28.6 Å². The summed E-state index contributed by atoms with van der Waals surface area (Å²) in [5.41, 5.74) is 0.496. The zero-order valence-electron chi connectivity index (χ0n) is 14.8. The maximum atomic E-state index is 13.6. The second-order valence-corrected chi connectivity index (χ2v) is 7.42. The predicted molar refractivity (Wildman–Crippen MR) is 107 cm³/mol. The van der Waals surface area contributed by atoms with Gasteiger partial charge in [0.25, 0.3) is 5.69 Å². The highest BCUT2D eigenvalue weighted by Crippen LogP contribution is 2.35. The van der Waals surface area contributed by atoms with Crippen LogP contribution in [-0.2, 0) is 6.18 Å².